The maximum Gasteiger partial charge on any atom is 0.417 e. The molecule has 0 atom stereocenters. The van der Waals surface area contributed by atoms with Crippen molar-refractivity contribution in [1.82, 2.24) is 0 Å². The Morgan fingerprint density at radius 3 is 2.50 bits per heavy atom. The van der Waals surface area contributed by atoms with Crippen molar-refractivity contribution in [1.29, 1.82) is 0 Å². The molecular weight excluding hydrogens is 245 g/mol. The third-order valence-corrected chi connectivity index (χ3v) is 1.92. The first-order valence-electron chi connectivity index (χ1n) is 4.36. The predicted octanol–water partition coefficient (Wildman–Crippen LogP) is 3.10. The summed E-state index contributed by atoms with van der Waals surface area (Å²) in [4.78, 5) is 11.3. The topological polar surface area (TPSA) is 26.3 Å². The summed E-state index contributed by atoms with van der Waals surface area (Å²) in [5.74, 6) is -0.978. The Morgan fingerprint density at radius 1 is 1.31 bits per heavy atom. The van der Waals surface area contributed by atoms with Gasteiger partial charge in [-0.05, 0) is 12.1 Å². The van der Waals surface area contributed by atoms with E-state index in [0.717, 1.165) is 12.1 Å². The SMILES string of the molecule is O=C(OCCCl)c1ccccc1C(F)(F)F. The highest BCUT2D eigenvalue weighted by Gasteiger charge is 2.35. The highest BCUT2D eigenvalue weighted by Crippen LogP contribution is 2.32. The standard InChI is InChI=1S/C10H8ClF3O2/c11-5-6-16-9(15)7-3-1-2-4-8(7)10(12,13)14/h1-4H,5-6H2. The zero-order valence-corrected chi connectivity index (χ0v) is 8.81. The van der Waals surface area contributed by atoms with Gasteiger partial charge in [0, 0.05) is 0 Å². The van der Waals surface area contributed by atoms with E-state index in [9.17, 15) is 18.0 Å². The van der Waals surface area contributed by atoms with Gasteiger partial charge in [0.05, 0.1) is 17.0 Å². The molecule has 16 heavy (non-hydrogen) atoms. The largest absolute Gasteiger partial charge is 0.461 e. The summed E-state index contributed by atoms with van der Waals surface area (Å²) in [5.41, 5.74) is -1.50. The Labute approximate surface area is 95.0 Å². The van der Waals surface area contributed by atoms with Crippen molar-refractivity contribution in [2.75, 3.05) is 12.5 Å². The predicted molar refractivity (Wildman–Crippen MR) is 52.4 cm³/mol. The van der Waals surface area contributed by atoms with Crippen LogP contribution < -0.4 is 0 Å². The van der Waals surface area contributed by atoms with Gasteiger partial charge in [-0.2, -0.15) is 13.2 Å². The first-order valence-corrected chi connectivity index (χ1v) is 4.89. The molecule has 88 valence electrons. The van der Waals surface area contributed by atoms with Gasteiger partial charge in [-0.25, -0.2) is 4.79 Å². The van der Waals surface area contributed by atoms with Crippen LogP contribution in [0.5, 0.6) is 0 Å². The highest BCUT2D eigenvalue weighted by atomic mass is 35.5. The maximum absolute atomic E-state index is 12.5. The van der Waals surface area contributed by atoms with Crippen molar-refractivity contribution < 1.29 is 22.7 Å². The minimum atomic E-state index is -4.57. The Hall–Kier alpha value is -1.23. The molecule has 0 unspecified atom stereocenters. The Bertz CT molecular complexity index is 377. The summed E-state index contributed by atoms with van der Waals surface area (Å²) < 4.78 is 42.0. The van der Waals surface area contributed by atoms with Crippen molar-refractivity contribution in [3.8, 4) is 0 Å². The molecule has 0 saturated carbocycles. The number of carbonyl (C=O) groups excluding carboxylic acids is 1. The third-order valence-electron chi connectivity index (χ3n) is 1.76. The molecule has 0 radical (unpaired) electrons. The Morgan fingerprint density at radius 2 is 1.94 bits per heavy atom. The van der Waals surface area contributed by atoms with Crippen LogP contribution in [-0.4, -0.2) is 18.5 Å². The fraction of sp³-hybridized carbons (Fsp3) is 0.300. The van der Waals surface area contributed by atoms with E-state index in [4.69, 9.17) is 11.6 Å². The molecule has 2 nitrogen and oxygen atoms in total. The molecule has 0 heterocycles. The van der Waals surface area contributed by atoms with Crippen molar-refractivity contribution in [2.24, 2.45) is 0 Å². The zero-order chi connectivity index (χ0) is 12.2. The molecule has 0 N–H and O–H groups in total. The first kappa shape index (κ1) is 12.8. The molecule has 1 aromatic rings. The smallest absolute Gasteiger partial charge is 0.417 e. The van der Waals surface area contributed by atoms with E-state index in [1.807, 2.05) is 0 Å². The van der Waals surface area contributed by atoms with Gasteiger partial charge in [-0.1, -0.05) is 12.1 Å². The van der Waals surface area contributed by atoms with Gasteiger partial charge in [-0.15, -0.1) is 11.6 Å². The van der Waals surface area contributed by atoms with Crippen molar-refractivity contribution in [3.63, 3.8) is 0 Å². The van der Waals surface area contributed by atoms with Crippen LogP contribution >= 0.6 is 11.6 Å². The third kappa shape index (κ3) is 3.13. The molecule has 0 aliphatic heterocycles. The molecule has 0 spiro atoms. The fourth-order valence-electron chi connectivity index (χ4n) is 1.12. The first-order chi connectivity index (χ1) is 7.46. The second-order valence-corrected chi connectivity index (χ2v) is 3.25. The Balaban J connectivity index is 3.00. The number of benzene rings is 1. The molecule has 0 aromatic heterocycles. The van der Waals surface area contributed by atoms with Crippen LogP contribution in [0.25, 0.3) is 0 Å². The van der Waals surface area contributed by atoms with E-state index in [1.54, 1.807) is 0 Å². The van der Waals surface area contributed by atoms with E-state index in [1.165, 1.54) is 12.1 Å². The van der Waals surface area contributed by atoms with Crippen LogP contribution in [-0.2, 0) is 10.9 Å². The lowest BCUT2D eigenvalue weighted by Gasteiger charge is -2.11. The summed E-state index contributed by atoms with van der Waals surface area (Å²) in [7, 11) is 0. The molecule has 0 aliphatic rings. The molecular formula is C10H8ClF3O2. The Kier molecular flexibility index (Phi) is 4.18. The number of rotatable bonds is 3. The summed E-state index contributed by atoms with van der Waals surface area (Å²) in [6.45, 7) is -0.118. The van der Waals surface area contributed by atoms with Crippen LogP contribution in [0.4, 0.5) is 13.2 Å². The number of alkyl halides is 4. The molecule has 1 aromatic carbocycles. The quantitative estimate of drug-likeness (QED) is 0.610. The number of hydrogen-bond donors (Lipinski definition) is 0. The number of hydrogen-bond acceptors (Lipinski definition) is 2. The van der Waals surface area contributed by atoms with Gasteiger partial charge < -0.3 is 4.74 Å². The van der Waals surface area contributed by atoms with Gasteiger partial charge in [0.15, 0.2) is 0 Å². The molecule has 0 bridgehead atoms. The van der Waals surface area contributed by atoms with E-state index in [-0.39, 0.29) is 12.5 Å². The zero-order valence-electron chi connectivity index (χ0n) is 8.05. The van der Waals surface area contributed by atoms with Crippen molar-refractivity contribution >= 4 is 17.6 Å². The summed E-state index contributed by atoms with van der Waals surface area (Å²) in [5, 5.41) is 0. The average molecular weight is 253 g/mol. The molecule has 0 amide bonds. The molecule has 0 saturated heterocycles. The monoisotopic (exact) mass is 252 g/mol. The van der Waals surface area contributed by atoms with Crippen LogP contribution in [0, 0.1) is 0 Å². The van der Waals surface area contributed by atoms with E-state index in [0.29, 0.717) is 0 Å². The van der Waals surface area contributed by atoms with Crippen LogP contribution in [0.3, 0.4) is 0 Å². The lowest BCUT2D eigenvalue weighted by atomic mass is 10.1. The van der Waals surface area contributed by atoms with Crippen molar-refractivity contribution in [2.45, 2.75) is 6.18 Å². The van der Waals surface area contributed by atoms with Crippen LogP contribution in [0.15, 0.2) is 24.3 Å². The average Bonchev–Trinajstić information content (AvgIpc) is 2.24. The van der Waals surface area contributed by atoms with Gasteiger partial charge in [0.2, 0.25) is 0 Å². The number of halogens is 4. The number of esters is 1. The van der Waals surface area contributed by atoms with Gasteiger partial charge >= 0.3 is 12.1 Å². The summed E-state index contributed by atoms with van der Waals surface area (Å²) in [6, 6.07) is 4.45. The van der Waals surface area contributed by atoms with Gasteiger partial charge in [-0.3, -0.25) is 0 Å². The van der Waals surface area contributed by atoms with Crippen molar-refractivity contribution in [3.05, 3.63) is 35.4 Å². The fourth-order valence-corrected chi connectivity index (χ4v) is 1.19. The molecule has 1 rings (SSSR count). The van der Waals surface area contributed by atoms with E-state index in [2.05, 4.69) is 4.74 Å². The molecule has 6 heteroatoms. The van der Waals surface area contributed by atoms with Gasteiger partial charge in [0.1, 0.15) is 6.61 Å². The highest BCUT2D eigenvalue weighted by molar-refractivity contribution is 6.18. The normalized spacial score (nSPS) is 11.2. The summed E-state index contributed by atoms with van der Waals surface area (Å²) >= 11 is 5.26. The minimum absolute atomic E-state index is 0.0416. The minimum Gasteiger partial charge on any atom is -0.461 e. The summed E-state index contributed by atoms with van der Waals surface area (Å²) in [6.07, 6.45) is -4.57. The number of ether oxygens (including phenoxy) is 1. The second kappa shape index (κ2) is 5.21. The van der Waals surface area contributed by atoms with Crippen LogP contribution in [0.2, 0.25) is 0 Å². The lowest BCUT2D eigenvalue weighted by Crippen LogP contribution is -2.15. The van der Waals surface area contributed by atoms with E-state index >= 15 is 0 Å². The second-order valence-electron chi connectivity index (χ2n) is 2.87. The number of carbonyl (C=O) groups is 1. The maximum atomic E-state index is 12.5. The van der Waals surface area contributed by atoms with Gasteiger partial charge in [0.25, 0.3) is 0 Å². The molecule has 0 aliphatic carbocycles. The molecule has 0 fully saturated rings. The van der Waals surface area contributed by atoms with E-state index < -0.39 is 23.3 Å². The van der Waals surface area contributed by atoms with Crippen LogP contribution in [0.1, 0.15) is 15.9 Å². The lowest BCUT2D eigenvalue weighted by molar-refractivity contribution is -0.138.